The topological polar surface area (TPSA) is 32.3 Å². The Morgan fingerprint density at radius 2 is 2.00 bits per heavy atom. The highest BCUT2D eigenvalue weighted by Crippen LogP contribution is 2.26. The molecule has 0 bridgehead atoms. The van der Waals surface area contributed by atoms with E-state index in [0.717, 1.165) is 16.3 Å². The highest BCUT2D eigenvalue weighted by molar-refractivity contribution is 5.87. The molecule has 0 atom stereocenters. The van der Waals surface area contributed by atoms with Crippen LogP contribution in [0.5, 0.6) is 5.75 Å². The second-order valence-electron chi connectivity index (χ2n) is 3.59. The Morgan fingerprint density at radius 3 is 2.81 bits per heavy atom. The lowest BCUT2D eigenvalue weighted by Gasteiger charge is -2.09. The van der Waals surface area contributed by atoms with Crippen molar-refractivity contribution in [3.05, 3.63) is 42.0 Å². The molecular formula is C14H13NO. The molecule has 0 amide bonds. The SMILES string of the molecule is C#CCNCc1c(O)ccc2ccccc12. The van der Waals surface area contributed by atoms with Gasteiger partial charge in [-0.25, -0.2) is 0 Å². The van der Waals surface area contributed by atoms with Crippen molar-refractivity contribution in [3.63, 3.8) is 0 Å². The van der Waals surface area contributed by atoms with Crippen LogP contribution >= 0.6 is 0 Å². The number of hydrogen-bond acceptors (Lipinski definition) is 2. The van der Waals surface area contributed by atoms with Crippen molar-refractivity contribution in [2.24, 2.45) is 0 Å². The molecule has 2 nitrogen and oxygen atoms in total. The number of hydrogen-bond donors (Lipinski definition) is 2. The average Bonchev–Trinajstić information content (AvgIpc) is 2.32. The summed E-state index contributed by atoms with van der Waals surface area (Å²) < 4.78 is 0. The molecule has 0 aliphatic heterocycles. The fourth-order valence-electron chi connectivity index (χ4n) is 1.77. The number of aromatic hydroxyl groups is 1. The molecule has 2 N–H and O–H groups in total. The van der Waals surface area contributed by atoms with Gasteiger partial charge in [0, 0.05) is 12.1 Å². The predicted octanol–water partition coefficient (Wildman–Crippen LogP) is 2.27. The maximum Gasteiger partial charge on any atom is 0.120 e. The lowest BCUT2D eigenvalue weighted by atomic mass is 10.0. The summed E-state index contributed by atoms with van der Waals surface area (Å²) in [5.74, 6) is 2.82. The number of phenols is 1. The monoisotopic (exact) mass is 211 g/mol. The first-order chi connectivity index (χ1) is 7.83. The van der Waals surface area contributed by atoms with Gasteiger partial charge in [0.1, 0.15) is 5.75 Å². The van der Waals surface area contributed by atoms with Crippen LogP contribution < -0.4 is 5.32 Å². The second-order valence-corrected chi connectivity index (χ2v) is 3.59. The molecule has 0 aliphatic carbocycles. The molecule has 0 aromatic heterocycles. The van der Waals surface area contributed by atoms with Gasteiger partial charge in [-0.1, -0.05) is 36.3 Å². The molecule has 80 valence electrons. The summed E-state index contributed by atoms with van der Waals surface area (Å²) in [6.07, 6.45) is 5.17. The largest absolute Gasteiger partial charge is 0.508 e. The molecule has 2 rings (SSSR count). The van der Waals surface area contributed by atoms with Crippen LogP contribution in [-0.2, 0) is 6.54 Å². The van der Waals surface area contributed by atoms with E-state index in [-0.39, 0.29) is 0 Å². The maximum atomic E-state index is 9.82. The molecule has 2 aromatic carbocycles. The Hall–Kier alpha value is -1.98. The van der Waals surface area contributed by atoms with Crippen LogP contribution in [0.25, 0.3) is 10.8 Å². The van der Waals surface area contributed by atoms with Gasteiger partial charge in [-0.3, -0.25) is 0 Å². The van der Waals surface area contributed by atoms with E-state index in [1.54, 1.807) is 6.07 Å². The minimum absolute atomic E-state index is 0.309. The molecule has 0 aliphatic rings. The Morgan fingerprint density at radius 1 is 1.19 bits per heavy atom. The summed E-state index contributed by atoms with van der Waals surface area (Å²) in [5.41, 5.74) is 0.897. The average molecular weight is 211 g/mol. The van der Waals surface area contributed by atoms with Gasteiger partial charge in [-0.15, -0.1) is 6.42 Å². The third-order valence-electron chi connectivity index (χ3n) is 2.54. The summed E-state index contributed by atoms with van der Waals surface area (Å²) in [4.78, 5) is 0. The molecular weight excluding hydrogens is 198 g/mol. The van der Waals surface area contributed by atoms with Crippen LogP contribution in [0.4, 0.5) is 0 Å². The molecule has 2 heteroatoms. The second kappa shape index (κ2) is 4.69. The smallest absolute Gasteiger partial charge is 0.120 e. The number of phenolic OH excluding ortho intramolecular Hbond substituents is 1. The first-order valence-electron chi connectivity index (χ1n) is 5.16. The minimum Gasteiger partial charge on any atom is -0.508 e. The molecule has 0 fully saturated rings. The van der Waals surface area contributed by atoms with Gasteiger partial charge in [-0.2, -0.15) is 0 Å². The zero-order valence-corrected chi connectivity index (χ0v) is 8.90. The molecule has 0 saturated heterocycles. The van der Waals surface area contributed by atoms with Crippen molar-refractivity contribution < 1.29 is 5.11 Å². The first-order valence-corrected chi connectivity index (χ1v) is 5.16. The summed E-state index contributed by atoms with van der Waals surface area (Å²) in [6, 6.07) is 11.6. The van der Waals surface area contributed by atoms with E-state index in [9.17, 15) is 5.11 Å². The van der Waals surface area contributed by atoms with Crippen LogP contribution in [-0.4, -0.2) is 11.7 Å². The molecule has 2 aromatic rings. The lowest BCUT2D eigenvalue weighted by Crippen LogP contribution is -2.13. The van der Waals surface area contributed by atoms with Crippen molar-refractivity contribution in [2.45, 2.75) is 6.54 Å². The van der Waals surface area contributed by atoms with Crippen molar-refractivity contribution in [2.75, 3.05) is 6.54 Å². The van der Waals surface area contributed by atoms with Gasteiger partial charge in [0.25, 0.3) is 0 Å². The lowest BCUT2D eigenvalue weighted by molar-refractivity contribution is 0.467. The van der Waals surface area contributed by atoms with Gasteiger partial charge in [0.2, 0.25) is 0 Å². The first kappa shape index (κ1) is 10.5. The van der Waals surface area contributed by atoms with Gasteiger partial charge in [0.15, 0.2) is 0 Å². The highest BCUT2D eigenvalue weighted by atomic mass is 16.3. The van der Waals surface area contributed by atoms with Crippen LogP contribution in [0, 0.1) is 12.3 Å². The fraction of sp³-hybridized carbons (Fsp3) is 0.143. The summed E-state index contributed by atoms with van der Waals surface area (Å²) >= 11 is 0. The van der Waals surface area contributed by atoms with Gasteiger partial charge >= 0.3 is 0 Å². The number of rotatable bonds is 3. The van der Waals surface area contributed by atoms with Gasteiger partial charge < -0.3 is 10.4 Å². The zero-order valence-electron chi connectivity index (χ0n) is 8.90. The Bertz CT molecular complexity index is 540. The van der Waals surface area contributed by atoms with Gasteiger partial charge in [-0.05, 0) is 16.8 Å². The molecule has 0 radical (unpaired) electrons. The van der Waals surface area contributed by atoms with E-state index in [1.165, 1.54) is 0 Å². The van der Waals surface area contributed by atoms with Crippen molar-refractivity contribution in [1.29, 1.82) is 0 Å². The van der Waals surface area contributed by atoms with E-state index in [0.29, 0.717) is 18.8 Å². The number of benzene rings is 2. The normalized spacial score (nSPS) is 10.2. The minimum atomic E-state index is 0.309. The van der Waals surface area contributed by atoms with Crippen molar-refractivity contribution in [3.8, 4) is 18.1 Å². The Labute approximate surface area is 94.9 Å². The quantitative estimate of drug-likeness (QED) is 0.603. The number of fused-ring (bicyclic) bond motifs is 1. The van der Waals surface area contributed by atoms with Crippen LogP contribution in [0.2, 0.25) is 0 Å². The van der Waals surface area contributed by atoms with Crippen molar-refractivity contribution in [1.82, 2.24) is 5.32 Å². The Kier molecular flexibility index (Phi) is 3.09. The predicted molar refractivity (Wildman–Crippen MR) is 66.2 cm³/mol. The summed E-state index contributed by atoms with van der Waals surface area (Å²) in [6.45, 7) is 1.08. The molecule has 0 heterocycles. The van der Waals surface area contributed by atoms with E-state index in [1.807, 2.05) is 30.3 Å². The molecule has 0 spiro atoms. The molecule has 16 heavy (non-hydrogen) atoms. The number of nitrogens with one attached hydrogen (secondary N) is 1. The van der Waals surface area contributed by atoms with Crippen LogP contribution in [0.15, 0.2) is 36.4 Å². The third-order valence-corrected chi connectivity index (χ3v) is 2.54. The van der Waals surface area contributed by atoms with Crippen molar-refractivity contribution >= 4 is 10.8 Å². The fourth-order valence-corrected chi connectivity index (χ4v) is 1.77. The van der Waals surface area contributed by atoms with Crippen LogP contribution in [0.1, 0.15) is 5.56 Å². The Balaban J connectivity index is 2.41. The van der Waals surface area contributed by atoms with E-state index in [2.05, 4.69) is 11.2 Å². The standard InChI is InChI=1S/C14H13NO/c1-2-9-15-10-13-12-6-4-3-5-11(12)7-8-14(13)16/h1,3-8,15-16H,9-10H2. The third kappa shape index (κ3) is 2.00. The van der Waals surface area contributed by atoms with E-state index in [4.69, 9.17) is 6.42 Å². The highest BCUT2D eigenvalue weighted by Gasteiger charge is 2.05. The molecule has 0 unspecified atom stereocenters. The molecule has 0 saturated carbocycles. The zero-order chi connectivity index (χ0) is 11.4. The van der Waals surface area contributed by atoms with Gasteiger partial charge in [0.05, 0.1) is 6.54 Å². The van der Waals surface area contributed by atoms with E-state index >= 15 is 0 Å². The maximum absolute atomic E-state index is 9.82. The number of terminal acetylenes is 1. The van der Waals surface area contributed by atoms with Crippen LogP contribution in [0.3, 0.4) is 0 Å². The summed E-state index contributed by atoms with van der Waals surface area (Å²) in [5, 5.41) is 15.1. The summed E-state index contributed by atoms with van der Waals surface area (Å²) in [7, 11) is 0. The van der Waals surface area contributed by atoms with E-state index < -0.39 is 0 Å².